The molecule has 0 heterocycles. The van der Waals surface area contributed by atoms with E-state index in [2.05, 4.69) is 12.2 Å². The standard InChI is InChI=1S/C17H27NO3/c1-5-6-7-10-18-17(20)14(4)21-16-11-12(2)8-9-15(16)13(3)19/h8-9,11,13-14,19H,5-7,10H2,1-4H3,(H,18,20)/t13-,14?/m0/s1. The maximum atomic E-state index is 12.0. The van der Waals surface area contributed by atoms with E-state index in [1.54, 1.807) is 13.8 Å². The fourth-order valence-corrected chi connectivity index (χ4v) is 2.06. The molecule has 2 N–H and O–H groups in total. The van der Waals surface area contributed by atoms with Gasteiger partial charge in [-0.3, -0.25) is 4.79 Å². The summed E-state index contributed by atoms with van der Waals surface area (Å²) in [6.45, 7) is 8.17. The molecule has 1 amide bonds. The van der Waals surface area contributed by atoms with Gasteiger partial charge < -0.3 is 15.2 Å². The number of aliphatic hydroxyl groups is 1. The van der Waals surface area contributed by atoms with Crippen molar-refractivity contribution in [2.24, 2.45) is 0 Å². The van der Waals surface area contributed by atoms with Crippen molar-refractivity contribution in [2.45, 2.75) is 59.2 Å². The van der Waals surface area contributed by atoms with Crippen LogP contribution in [0.25, 0.3) is 0 Å². The van der Waals surface area contributed by atoms with Crippen molar-refractivity contribution in [3.8, 4) is 5.75 Å². The van der Waals surface area contributed by atoms with E-state index in [1.165, 1.54) is 0 Å². The molecule has 0 aliphatic carbocycles. The Kier molecular flexibility index (Phi) is 7.23. The van der Waals surface area contributed by atoms with Crippen LogP contribution in [0.2, 0.25) is 0 Å². The molecule has 118 valence electrons. The lowest BCUT2D eigenvalue weighted by atomic mass is 10.1. The third-order valence-electron chi connectivity index (χ3n) is 3.37. The lowest BCUT2D eigenvalue weighted by Crippen LogP contribution is -2.37. The molecular formula is C17H27NO3. The summed E-state index contributed by atoms with van der Waals surface area (Å²) in [4.78, 5) is 12.0. The third-order valence-corrected chi connectivity index (χ3v) is 3.37. The van der Waals surface area contributed by atoms with Gasteiger partial charge in [0.2, 0.25) is 0 Å². The summed E-state index contributed by atoms with van der Waals surface area (Å²) in [5.74, 6) is 0.449. The minimum Gasteiger partial charge on any atom is -0.481 e. The first-order chi connectivity index (χ1) is 9.95. The maximum Gasteiger partial charge on any atom is 0.260 e. The molecule has 0 aliphatic heterocycles. The summed E-state index contributed by atoms with van der Waals surface area (Å²) >= 11 is 0. The molecule has 2 atom stereocenters. The lowest BCUT2D eigenvalue weighted by Gasteiger charge is -2.19. The molecule has 21 heavy (non-hydrogen) atoms. The van der Waals surface area contributed by atoms with Crippen LogP contribution >= 0.6 is 0 Å². The number of nitrogens with one attached hydrogen (secondary N) is 1. The van der Waals surface area contributed by atoms with Gasteiger partial charge in [0.05, 0.1) is 6.10 Å². The van der Waals surface area contributed by atoms with Gasteiger partial charge in [-0.1, -0.05) is 31.9 Å². The zero-order chi connectivity index (χ0) is 15.8. The first kappa shape index (κ1) is 17.5. The summed E-state index contributed by atoms with van der Waals surface area (Å²) < 4.78 is 5.73. The van der Waals surface area contributed by atoms with Gasteiger partial charge >= 0.3 is 0 Å². The van der Waals surface area contributed by atoms with E-state index in [0.29, 0.717) is 17.9 Å². The van der Waals surface area contributed by atoms with E-state index in [-0.39, 0.29) is 5.91 Å². The van der Waals surface area contributed by atoms with Gasteiger partial charge in [0, 0.05) is 12.1 Å². The van der Waals surface area contributed by atoms with Crippen LogP contribution in [-0.4, -0.2) is 23.7 Å². The van der Waals surface area contributed by atoms with Crippen LogP contribution in [0, 0.1) is 6.92 Å². The predicted octanol–water partition coefficient (Wildman–Crippen LogP) is 3.12. The second-order valence-electron chi connectivity index (χ2n) is 5.48. The van der Waals surface area contributed by atoms with Crippen LogP contribution in [-0.2, 0) is 4.79 Å². The fraction of sp³-hybridized carbons (Fsp3) is 0.588. The van der Waals surface area contributed by atoms with E-state index in [0.717, 1.165) is 24.8 Å². The number of rotatable bonds is 8. The van der Waals surface area contributed by atoms with Crippen molar-refractivity contribution in [2.75, 3.05) is 6.54 Å². The average molecular weight is 293 g/mol. The molecule has 0 saturated heterocycles. The normalized spacial score (nSPS) is 13.6. The van der Waals surface area contributed by atoms with E-state index < -0.39 is 12.2 Å². The van der Waals surface area contributed by atoms with Crippen LogP contribution in [0.5, 0.6) is 5.75 Å². The Morgan fingerprint density at radius 2 is 2.05 bits per heavy atom. The Bertz CT molecular complexity index is 457. The van der Waals surface area contributed by atoms with Crippen molar-refractivity contribution in [3.63, 3.8) is 0 Å². The molecule has 4 heteroatoms. The minimum atomic E-state index is -0.625. The number of unbranched alkanes of at least 4 members (excludes halogenated alkanes) is 2. The fourth-order valence-electron chi connectivity index (χ4n) is 2.06. The Hall–Kier alpha value is -1.55. The number of aryl methyl sites for hydroxylation is 1. The van der Waals surface area contributed by atoms with Crippen LogP contribution < -0.4 is 10.1 Å². The molecule has 1 unspecified atom stereocenters. The SMILES string of the molecule is CCCCCNC(=O)C(C)Oc1cc(C)ccc1[C@H](C)O. The smallest absolute Gasteiger partial charge is 0.260 e. The Morgan fingerprint density at radius 3 is 2.67 bits per heavy atom. The first-order valence-corrected chi connectivity index (χ1v) is 7.68. The number of benzene rings is 1. The molecule has 1 aromatic rings. The van der Waals surface area contributed by atoms with Crippen LogP contribution in [0.4, 0.5) is 0 Å². The van der Waals surface area contributed by atoms with Gasteiger partial charge in [0.15, 0.2) is 6.10 Å². The summed E-state index contributed by atoms with van der Waals surface area (Å²) in [5.41, 5.74) is 1.73. The lowest BCUT2D eigenvalue weighted by molar-refractivity contribution is -0.127. The molecule has 0 fully saturated rings. The first-order valence-electron chi connectivity index (χ1n) is 7.68. The zero-order valence-electron chi connectivity index (χ0n) is 13.5. The average Bonchev–Trinajstić information content (AvgIpc) is 2.43. The summed E-state index contributed by atoms with van der Waals surface area (Å²) in [5, 5.41) is 12.6. The molecular weight excluding hydrogens is 266 g/mol. The molecule has 0 aliphatic rings. The Labute approximate surface area is 127 Å². The van der Waals surface area contributed by atoms with Crippen LogP contribution in [0.15, 0.2) is 18.2 Å². The highest BCUT2D eigenvalue weighted by Crippen LogP contribution is 2.27. The quantitative estimate of drug-likeness (QED) is 0.724. The van der Waals surface area contributed by atoms with Gasteiger partial charge in [-0.15, -0.1) is 0 Å². The third kappa shape index (κ3) is 5.76. The van der Waals surface area contributed by atoms with Crippen molar-refractivity contribution >= 4 is 5.91 Å². The zero-order valence-corrected chi connectivity index (χ0v) is 13.5. The topological polar surface area (TPSA) is 58.6 Å². The number of aliphatic hydroxyl groups excluding tert-OH is 1. The largest absolute Gasteiger partial charge is 0.481 e. The Morgan fingerprint density at radius 1 is 1.33 bits per heavy atom. The number of ether oxygens (including phenoxy) is 1. The molecule has 0 radical (unpaired) electrons. The highest BCUT2D eigenvalue weighted by atomic mass is 16.5. The second kappa shape index (κ2) is 8.67. The van der Waals surface area contributed by atoms with E-state index in [9.17, 15) is 9.90 Å². The summed E-state index contributed by atoms with van der Waals surface area (Å²) in [6.07, 6.45) is 2.02. The van der Waals surface area contributed by atoms with E-state index in [4.69, 9.17) is 4.74 Å². The summed E-state index contributed by atoms with van der Waals surface area (Å²) in [6, 6.07) is 5.61. The molecule has 4 nitrogen and oxygen atoms in total. The Balaban J connectivity index is 2.63. The van der Waals surface area contributed by atoms with Crippen molar-refractivity contribution in [1.29, 1.82) is 0 Å². The highest BCUT2D eigenvalue weighted by molar-refractivity contribution is 5.80. The van der Waals surface area contributed by atoms with Crippen LogP contribution in [0.3, 0.4) is 0 Å². The predicted molar refractivity (Wildman–Crippen MR) is 84.4 cm³/mol. The van der Waals surface area contributed by atoms with Gasteiger partial charge in [-0.25, -0.2) is 0 Å². The number of carbonyl (C=O) groups is 1. The molecule has 1 rings (SSSR count). The van der Waals surface area contributed by atoms with E-state index >= 15 is 0 Å². The van der Waals surface area contributed by atoms with Crippen molar-refractivity contribution in [3.05, 3.63) is 29.3 Å². The second-order valence-corrected chi connectivity index (χ2v) is 5.48. The number of hydrogen-bond acceptors (Lipinski definition) is 3. The highest BCUT2D eigenvalue weighted by Gasteiger charge is 2.17. The van der Waals surface area contributed by atoms with E-state index in [1.807, 2.05) is 25.1 Å². The van der Waals surface area contributed by atoms with Crippen LogP contribution in [0.1, 0.15) is 57.3 Å². The van der Waals surface area contributed by atoms with Gasteiger partial charge in [0.1, 0.15) is 5.75 Å². The monoisotopic (exact) mass is 293 g/mol. The molecule has 0 saturated carbocycles. The molecule has 0 aromatic heterocycles. The van der Waals surface area contributed by atoms with Gasteiger partial charge in [-0.05, 0) is 38.8 Å². The van der Waals surface area contributed by atoms with Crippen molar-refractivity contribution in [1.82, 2.24) is 5.32 Å². The molecule has 0 spiro atoms. The minimum absolute atomic E-state index is 0.121. The maximum absolute atomic E-state index is 12.0. The van der Waals surface area contributed by atoms with Crippen molar-refractivity contribution < 1.29 is 14.6 Å². The molecule has 1 aromatic carbocycles. The number of hydrogen-bond donors (Lipinski definition) is 2. The number of amides is 1. The molecule has 0 bridgehead atoms. The number of carbonyl (C=O) groups excluding carboxylic acids is 1. The van der Waals surface area contributed by atoms with Gasteiger partial charge in [-0.2, -0.15) is 0 Å². The van der Waals surface area contributed by atoms with Gasteiger partial charge in [0.25, 0.3) is 5.91 Å². The summed E-state index contributed by atoms with van der Waals surface area (Å²) in [7, 11) is 0.